The number of nitrogens with zero attached hydrogens (tertiary/aromatic N) is 3. The van der Waals surface area contributed by atoms with E-state index in [1.54, 1.807) is 12.3 Å². The Kier molecular flexibility index (Phi) is 7.28. The minimum Gasteiger partial charge on any atom is -0.369 e. The van der Waals surface area contributed by atoms with E-state index in [9.17, 15) is 9.59 Å². The third-order valence-corrected chi connectivity index (χ3v) is 5.51. The molecule has 1 aromatic carbocycles. The Morgan fingerprint density at radius 3 is 2.54 bits per heavy atom. The molecule has 1 amide bonds. The van der Waals surface area contributed by atoms with Crippen LogP contribution < -0.4 is 15.8 Å². The van der Waals surface area contributed by atoms with Gasteiger partial charge in [-0.25, -0.2) is 0 Å². The number of carbonyl (C=O) groups excluding carboxylic acids is 1. The van der Waals surface area contributed by atoms with E-state index in [0.29, 0.717) is 0 Å². The molecule has 0 bridgehead atoms. The minimum atomic E-state index is -0.178. The van der Waals surface area contributed by atoms with E-state index in [1.807, 2.05) is 13.0 Å². The molecule has 1 atom stereocenters. The maximum Gasteiger partial charge on any atom is 0.251 e. The standard InChI is InChI=1S/C21H27BrN4O2/c1-17(23-20(27)16-26-15-18(22)7-8-21(26)28)9-10-24-11-13-25(14-12-24)19-5-3-2-4-6-19/h2-8,15,17H,9-14,16H2,1H3,(H,23,27)/t17-/m0/s1. The normalized spacial score (nSPS) is 16.0. The van der Waals surface area contributed by atoms with Gasteiger partial charge in [0.15, 0.2) is 0 Å². The summed E-state index contributed by atoms with van der Waals surface area (Å²) in [6.07, 6.45) is 2.53. The van der Waals surface area contributed by atoms with Crippen LogP contribution in [0.25, 0.3) is 0 Å². The smallest absolute Gasteiger partial charge is 0.251 e. The third kappa shape index (κ3) is 5.94. The number of para-hydroxylation sites is 1. The number of anilines is 1. The third-order valence-electron chi connectivity index (χ3n) is 5.04. The molecular formula is C21H27BrN4O2. The molecule has 3 rings (SSSR count). The van der Waals surface area contributed by atoms with Gasteiger partial charge < -0.3 is 14.8 Å². The molecular weight excluding hydrogens is 420 g/mol. The van der Waals surface area contributed by atoms with Crippen molar-refractivity contribution < 1.29 is 4.79 Å². The molecule has 1 aliphatic heterocycles. The largest absolute Gasteiger partial charge is 0.369 e. The van der Waals surface area contributed by atoms with Crippen LogP contribution in [0.1, 0.15) is 13.3 Å². The molecule has 1 aromatic heterocycles. The summed E-state index contributed by atoms with van der Waals surface area (Å²) in [5.41, 5.74) is 1.10. The fourth-order valence-electron chi connectivity index (χ4n) is 3.42. The molecule has 2 aromatic rings. The zero-order valence-corrected chi connectivity index (χ0v) is 17.8. The molecule has 1 saturated heterocycles. The van der Waals surface area contributed by atoms with E-state index in [-0.39, 0.29) is 24.1 Å². The highest BCUT2D eigenvalue weighted by atomic mass is 79.9. The van der Waals surface area contributed by atoms with E-state index in [1.165, 1.54) is 16.3 Å². The van der Waals surface area contributed by atoms with Gasteiger partial charge in [0.1, 0.15) is 6.54 Å². The first-order chi connectivity index (χ1) is 13.5. The Bertz CT molecular complexity index is 832. The first-order valence-electron chi connectivity index (χ1n) is 9.69. The zero-order chi connectivity index (χ0) is 19.9. The van der Waals surface area contributed by atoms with Gasteiger partial charge in [-0.05, 0) is 47.5 Å². The van der Waals surface area contributed by atoms with Crippen molar-refractivity contribution in [3.8, 4) is 0 Å². The van der Waals surface area contributed by atoms with Crippen LogP contribution in [0, 0.1) is 0 Å². The molecule has 0 saturated carbocycles. The van der Waals surface area contributed by atoms with Gasteiger partial charge in [-0.1, -0.05) is 18.2 Å². The number of nitrogens with one attached hydrogen (secondary N) is 1. The molecule has 1 aliphatic rings. The second-order valence-corrected chi connectivity index (χ2v) is 8.15. The van der Waals surface area contributed by atoms with Crippen molar-refractivity contribution in [1.82, 2.24) is 14.8 Å². The number of aromatic nitrogens is 1. The van der Waals surface area contributed by atoms with E-state index < -0.39 is 0 Å². The summed E-state index contributed by atoms with van der Waals surface area (Å²) in [7, 11) is 0. The topological polar surface area (TPSA) is 57.6 Å². The second-order valence-electron chi connectivity index (χ2n) is 7.23. The van der Waals surface area contributed by atoms with Gasteiger partial charge in [-0.2, -0.15) is 0 Å². The Morgan fingerprint density at radius 1 is 1.11 bits per heavy atom. The average Bonchev–Trinajstić information content (AvgIpc) is 2.70. The molecule has 1 N–H and O–H groups in total. The highest BCUT2D eigenvalue weighted by molar-refractivity contribution is 9.10. The molecule has 0 spiro atoms. The van der Waals surface area contributed by atoms with Crippen molar-refractivity contribution in [2.24, 2.45) is 0 Å². The van der Waals surface area contributed by atoms with Gasteiger partial charge in [0, 0.05) is 61.2 Å². The van der Waals surface area contributed by atoms with Crippen LogP contribution in [-0.4, -0.2) is 54.1 Å². The summed E-state index contributed by atoms with van der Waals surface area (Å²) >= 11 is 3.32. The predicted molar refractivity (Wildman–Crippen MR) is 116 cm³/mol. The van der Waals surface area contributed by atoms with Gasteiger partial charge in [-0.3, -0.25) is 14.5 Å². The van der Waals surface area contributed by atoms with Crippen molar-refractivity contribution in [3.05, 3.63) is 63.5 Å². The van der Waals surface area contributed by atoms with Gasteiger partial charge in [0.2, 0.25) is 5.91 Å². The number of halogens is 1. The number of benzene rings is 1. The molecule has 6 nitrogen and oxygen atoms in total. The number of carbonyl (C=O) groups is 1. The van der Waals surface area contributed by atoms with E-state index in [2.05, 4.69) is 55.3 Å². The number of hydrogen-bond donors (Lipinski definition) is 1. The molecule has 7 heteroatoms. The quantitative estimate of drug-likeness (QED) is 0.708. The van der Waals surface area contributed by atoms with Gasteiger partial charge >= 0.3 is 0 Å². The van der Waals surface area contributed by atoms with Crippen LogP contribution in [0.5, 0.6) is 0 Å². The molecule has 0 radical (unpaired) electrons. The maximum absolute atomic E-state index is 12.2. The van der Waals surface area contributed by atoms with Crippen molar-refractivity contribution in [2.45, 2.75) is 25.9 Å². The van der Waals surface area contributed by atoms with Crippen molar-refractivity contribution >= 4 is 27.5 Å². The maximum atomic E-state index is 12.2. The van der Waals surface area contributed by atoms with Gasteiger partial charge in [0.25, 0.3) is 5.56 Å². The van der Waals surface area contributed by atoms with E-state index in [0.717, 1.165) is 43.6 Å². The molecule has 0 unspecified atom stereocenters. The fraction of sp³-hybridized carbons (Fsp3) is 0.429. The molecule has 2 heterocycles. The Labute approximate surface area is 174 Å². The number of amides is 1. The summed E-state index contributed by atoms with van der Waals surface area (Å²) in [5, 5.41) is 3.00. The fourth-order valence-corrected chi connectivity index (χ4v) is 3.80. The Hall–Kier alpha value is -2.12. The number of rotatable bonds is 7. The zero-order valence-electron chi connectivity index (χ0n) is 16.2. The van der Waals surface area contributed by atoms with Crippen molar-refractivity contribution in [3.63, 3.8) is 0 Å². The molecule has 0 aliphatic carbocycles. The highest BCUT2D eigenvalue weighted by Gasteiger charge is 2.18. The summed E-state index contributed by atoms with van der Waals surface area (Å²) < 4.78 is 2.19. The summed E-state index contributed by atoms with van der Waals surface area (Å²) in [6.45, 7) is 7.13. The Morgan fingerprint density at radius 2 is 1.82 bits per heavy atom. The summed E-state index contributed by atoms with van der Waals surface area (Å²) in [5.74, 6) is -0.137. The first-order valence-corrected chi connectivity index (χ1v) is 10.5. The number of pyridine rings is 1. The van der Waals surface area contributed by atoms with Crippen LogP contribution in [0.2, 0.25) is 0 Å². The Balaban J connectivity index is 1.39. The van der Waals surface area contributed by atoms with Crippen LogP contribution in [0.4, 0.5) is 5.69 Å². The van der Waals surface area contributed by atoms with Crippen LogP contribution >= 0.6 is 15.9 Å². The first kappa shape index (κ1) is 20.6. The lowest BCUT2D eigenvalue weighted by Gasteiger charge is -2.36. The van der Waals surface area contributed by atoms with Gasteiger partial charge in [-0.15, -0.1) is 0 Å². The van der Waals surface area contributed by atoms with Crippen molar-refractivity contribution in [2.75, 3.05) is 37.6 Å². The highest BCUT2D eigenvalue weighted by Crippen LogP contribution is 2.15. The van der Waals surface area contributed by atoms with Gasteiger partial charge in [0.05, 0.1) is 0 Å². The molecule has 150 valence electrons. The molecule has 1 fully saturated rings. The van der Waals surface area contributed by atoms with E-state index in [4.69, 9.17) is 0 Å². The van der Waals surface area contributed by atoms with Crippen LogP contribution in [0.15, 0.2) is 57.9 Å². The monoisotopic (exact) mass is 446 g/mol. The van der Waals surface area contributed by atoms with Crippen LogP contribution in [0.3, 0.4) is 0 Å². The second kappa shape index (κ2) is 9.89. The summed E-state index contributed by atoms with van der Waals surface area (Å²) in [4.78, 5) is 28.9. The average molecular weight is 447 g/mol. The molecule has 28 heavy (non-hydrogen) atoms. The number of hydrogen-bond acceptors (Lipinski definition) is 4. The van der Waals surface area contributed by atoms with Crippen molar-refractivity contribution in [1.29, 1.82) is 0 Å². The predicted octanol–water partition coefficient (Wildman–Crippen LogP) is 2.33. The minimum absolute atomic E-state index is 0.0400. The SMILES string of the molecule is C[C@@H](CCN1CCN(c2ccccc2)CC1)NC(=O)Cn1cc(Br)ccc1=O. The number of piperazine rings is 1. The summed E-state index contributed by atoms with van der Waals surface area (Å²) in [6, 6.07) is 13.7. The van der Waals surface area contributed by atoms with E-state index >= 15 is 0 Å². The lowest BCUT2D eigenvalue weighted by atomic mass is 10.2. The lowest BCUT2D eigenvalue weighted by Crippen LogP contribution is -2.47. The lowest BCUT2D eigenvalue weighted by molar-refractivity contribution is -0.122. The van der Waals surface area contributed by atoms with Crippen LogP contribution in [-0.2, 0) is 11.3 Å².